The fraction of sp³-hybridized carbons (Fsp3) is 0.727. The van der Waals surface area contributed by atoms with E-state index >= 15 is 0 Å². The Morgan fingerprint density at radius 2 is 1.71 bits per heavy atom. The summed E-state index contributed by atoms with van der Waals surface area (Å²) < 4.78 is 0. The van der Waals surface area contributed by atoms with Crippen LogP contribution in [0.1, 0.15) is 52.4 Å². The minimum atomic E-state index is -1.21. The number of hydrogen-bond donors (Lipinski definition) is 2. The van der Waals surface area contributed by atoms with Crippen LogP contribution in [0.15, 0.2) is 11.3 Å². The summed E-state index contributed by atoms with van der Waals surface area (Å²) >= 11 is 0. The Morgan fingerprint density at radius 3 is 2.14 bits per heavy atom. The quantitative estimate of drug-likeness (QED) is 0.377. The Labute approximate surface area is 85.4 Å². The van der Waals surface area contributed by atoms with E-state index in [9.17, 15) is 9.90 Å². The van der Waals surface area contributed by atoms with Crippen molar-refractivity contribution in [2.45, 2.75) is 52.4 Å². The predicted molar refractivity (Wildman–Crippen MR) is 56.3 cm³/mol. The number of unbranched alkanes of at least 4 members (excludes halogenated alkanes) is 3. The highest BCUT2D eigenvalue weighted by atomic mass is 16.4. The maximum absolute atomic E-state index is 10.5. The van der Waals surface area contributed by atoms with E-state index in [0.717, 1.165) is 19.3 Å². The van der Waals surface area contributed by atoms with Crippen LogP contribution >= 0.6 is 0 Å². The predicted octanol–water partition coefficient (Wildman–Crippen LogP) is 3.26. The molecule has 0 aromatic rings. The maximum atomic E-state index is 10.5. The molecule has 0 heterocycles. The van der Waals surface area contributed by atoms with E-state index < -0.39 is 11.7 Å². The second-order valence-electron chi connectivity index (χ2n) is 3.42. The molecule has 14 heavy (non-hydrogen) atoms. The summed E-state index contributed by atoms with van der Waals surface area (Å²) in [6, 6.07) is 0. The third kappa shape index (κ3) is 4.90. The molecule has 0 radical (unpaired) electrons. The largest absolute Gasteiger partial charge is 0.502 e. The summed E-state index contributed by atoms with van der Waals surface area (Å²) in [6.07, 6.45) is 5.72. The fourth-order valence-electron chi connectivity index (χ4n) is 1.38. The van der Waals surface area contributed by atoms with Gasteiger partial charge in [0.1, 0.15) is 0 Å². The highest BCUT2D eigenvalue weighted by molar-refractivity contribution is 5.84. The number of carbonyl (C=O) groups is 1. The van der Waals surface area contributed by atoms with E-state index in [1.54, 1.807) is 0 Å². The highest BCUT2D eigenvalue weighted by Crippen LogP contribution is 2.16. The topological polar surface area (TPSA) is 57.5 Å². The van der Waals surface area contributed by atoms with Gasteiger partial charge in [0.05, 0.1) is 0 Å². The van der Waals surface area contributed by atoms with E-state index in [4.69, 9.17) is 5.11 Å². The molecule has 0 rings (SSSR count). The van der Waals surface area contributed by atoms with Gasteiger partial charge in [-0.3, -0.25) is 0 Å². The number of carboxylic acids is 1. The lowest BCUT2D eigenvalue weighted by Gasteiger charge is -2.05. The molecule has 0 atom stereocenters. The SMILES string of the molecule is CCCCCC/C(CC)=C(/O)C(=O)O. The van der Waals surface area contributed by atoms with Gasteiger partial charge in [0.2, 0.25) is 5.76 Å². The van der Waals surface area contributed by atoms with Crippen molar-refractivity contribution in [3.05, 3.63) is 11.3 Å². The number of hydrogen-bond acceptors (Lipinski definition) is 2. The standard InChI is InChI=1S/C11H20O3/c1-3-5-6-7-8-9(4-2)10(12)11(13)14/h12H,3-8H2,1-2H3,(H,13,14)/b10-9+. The molecular formula is C11H20O3. The van der Waals surface area contributed by atoms with Gasteiger partial charge in [-0.2, -0.15) is 0 Å². The zero-order valence-corrected chi connectivity index (χ0v) is 9.05. The Balaban J connectivity index is 4.02. The van der Waals surface area contributed by atoms with Crippen molar-refractivity contribution in [1.82, 2.24) is 0 Å². The van der Waals surface area contributed by atoms with Crippen LogP contribution in [-0.2, 0) is 4.79 Å². The molecule has 82 valence electrons. The molecule has 0 amide bonds. The molecule has 0 saturated heterocycles. The van der Waals surface area contributed by atoms with E-state index in [1.807, 2.05) is 6.92 Å². The monoisotopic (exact) mass is 200 g/mol. The molecule has 0 spiro atoms. The molecule has 0 bridgehead atoms. The Bertz CT molecular complexity index is 207. The van der Waals surface area contributed by atoms with Crippen molar-refractivity contribution in [2.75, 3.05) is 0 Å². The first-order valence-electron chi connectivity index (χ1n) is 5.27. The van der Waals surface area contributed by atoms with Crippen molar-refractivity contribution in [3.63, 3.8) is 0 Å². The van der Waals surface area contributed by atoms with Crippen molar-refractivity contribution < 1.29 is 15.0 Å². The van der Waals surface area contributed by atoms with Gasteiger partial charge < -0.3 is 10.2 Å². The summed E-state index contributed by atoms with van der Waals surface area (Å²) in [5.41, 5.74) is 0.661. The van der Waals surface area contributed by atoms with Crippen LogP contribution in [0.3, 0.4) is 0 Å². The average Bonchev–Trinajstić information content (AvgIpc) is 2.17. The van der Waals surface area contributed by atoms with Gasteiger partial charge >= 0.3 is 5.97 Å². The molecule has 3 nitrogen and oxygen atoms in total. The molecule has 0 aromatic carbocycles. The molecule has 0 aliphatic rings. The van der Waals surface area contributed by atoms with E-state index in [0.29, 0.717) is 18.4 Å². The van der Waals surface area contributed by atoms with Crippen molar-refractivity contribution in [2.24, 2.45) is 0 Å². The van der Waals surface area contributed by atoms with Gasteiger partial charge in [0, 0.05) is 0 Å². The lowest BCUT2D eigenvalue weighted by molar-refractivity contribution is -0.135. The average molecular weight is 200 g/mol. The second kappa shape index (κ2) is 7.42. The van der Waals surface area contributed by atoms with Crippen LogP contribution in [0, 0.1) is 0 Å². The lowest BCUT2D eigenvalue weighted by atomic mass is 10.0. The Kier molecular flexibility index (Phi) is 6.89. The molecule has 0 aromatic heterocycles. The van der Waals surface area contributed by atoms with Crippen LogP contribution in [0.5, 0.6) is 0 Å². The second-order valence-corrected chi connectivity index (χ2v) is 3.42. The van der Waals surface area contributed by atoms with Gasteiger partial charge in [-0.1, -0.05) is 33.1 Å². The summed E-state index contributed by atoms with van der Waals surface area (Å²) in [4.78, 5) is 10.5. The van der Waals surface area contributed by atoms with Crippen LogP contribution in [0.4, 0.5) is 0 Å². The van der Waals surface area contributed by atoms with Crippen LogP contribution in [0.2, 0.25) is 0 Å². The van der Waals surface area contributed by atoms with Gasteiger partial charge in [-0.15, -0.1) is 0 Å². The molecule has 2 N–H and O–H groups in total. The normalized spacial score (nSPS) is 12.4. The van der Waals surface area contributed by atoms with Crippen LogP contribution in [-0.4, -0.2) is 16.2 Å². The maximum Gasteiger partial charge on any atom is 0.370 e. The van der Waals surface area contributed by atoms with Gasteiger partial charge in [0.15, 0.2) is 0 Å². The summed E-state index contributed by atoms with van der Waals surface area (Å²) in [5, 5.41) is 17.8. The summed E-state index contributed by atoms with van der Waals surface area (Å²) in [7, 11) is 0. The minimum absolute atomic E-state index is 0.455. The summed E-state index contributed by atoms with van der Waals surface area (Å²) in [6.45, 7) is 4.00. The van der Waals surface area contributed by atoms with E-state index in [2.05, 4.69) is 6.92 Å². The van der Waals surface area contributed by atoms with E-state index in [1.165, 1.54) is 6.42 Å². The van der Waals surface area contributed by atoms with Crippen molar-refractivity contribution >= 4 is 5.97 Å². The number of allylic oxidation sites excluding steroid dienone is 1. The first-order chi connectivity index (χ1) is 6.63. The molecule has 0 aliphatic carbocycles. The fourth-order valence-corrected chi connectivity index (χ4v) is 1.38. The zero-order chi connectivity index (χ0) is 11.0. The Morgan fingerprint density at radius 1 is 1.07 bits per heavy atom. The number of aliphatic carboxylic acids is 1. The summed E-state index contributed by atoms with van der Waals surface area (Å²) in [5.74, 6) is -1.67. The lowest BCUT2D eigenvalue weighted by Crippen LogP contribution is -2.03. The molecule has 0 fully saturated rings. The first-order valence-corrected chi connectivity index (χ1v) is 5.27. The molecule has 0 saturated carbocycles. The molecule has 3 heteroatoms. The van der Waals surface area contributed by atoms with Gasteiger partial charge in [0.25, 0.3) is 0 Å². The number of aliphatic hydroxyl groups is 1. The van der Waals surface area contributed by atoms with Crippen LogP contribution in [0.25, 0.3) is 0 Å². The van der Waals surface area contributed by atoms with Gasteiger partial charge in [-0.25, -0.2) is 4.79 Å². The third-order valence-corrected chi connectivity index (χ3v) is 2.30. The first kappa shape index (κ1) is 13.0. The molecular weight excluding hydrogens is 180 g/mol. The zero-order valence-electron chi connectivity index (χ0n) is 9.05. The highest BCUT2D eigenvalue weighted by Gasteiger charge is 2.10. The molecule has 0 aliphatic heterocycles. The number of aliphatic hydroxyl groups excluding tert-OH is 1. The number of carboxylic acid groups (broad SMARTS) is 1. The van der Waals surface area contributed by atoms with Crippen molar-refractivity contribution in [3.8, 4) is 0 Å². The third-order valence-electron chi connectivity index (χ3n) is 2.30. The number of rotatable bonds is 7. The molecule has 0 unspecified atom stereocenters. The smallest absolute Gasteiger partial charge is 0.370 e. The van der Waals surface area contributed by atoms with Crippen LogP contribution < -0.4 is 0 Å². The Hall–Kier alpha value is -0.990. The van der Waals surface area contributed by atoms with Gasteiger partial charge in [-0.05, 0) is 24.8 Å². The minimum Gasteiger partial charge on any atom is -0.502 e. The van der Waals surface area contributed by atoms with E-state index in [-0.39, 0.29) is 0 Å². The van der Waals surface area contributed by atoms with Crippen molar-refractivity contribution in [1.29, 1.82) is 0 Å².